The predicted molar refractivity (Wildman–Crippen MR) is 73.1 cm³/mol. The Balaban J connectivity index is 2.59. The first-order valence-electron chi connectivity index (χ1n) is 6.81. The number of urea groups is 1. The van der Waals surface area contributed by atoms with E-state index in [1.807, 2.05) is 32.8 Å². The molecule has 0 radical (unpaired) electrons. The van der Waals surface area contributed by atoms with E-state index in [4.69, 9.17) is 5.11 Å². The van der Waals surface area contributed by atoms with Crippen LogP contribution in [0.4, 0.5) is 4.79 Å². The molecule has 0 aromatic rings. The lowest BCUT2D eigenvalue weighted by molar-refractivity contribution is -0.139. The summed E-state index contributed by atoms with van der Waals surface area (Å²) >= 11 is 0. The Hall–Kier alpha value is -1.30. The molecule has 1 aliphatic carbocycles. The summed E-state index contributed by atoms with van der Waals surface area (Å²) in [6, 6.07) is -0.974. The zero-order valence-corrected chi connectivity index (χ0v) is 12.2. The van der Waals surface area contributed by atoms with Gasteiger partial charge in [0.15, 0.2) is 0 Å². The van der Waals surface area contributed by atoms with Crippen molar-refractivity contribution in [3.63, 3.8) is 0 Å². The van der Waals surface area contributed by atoms with E-state index in [2.05, 4.69) is 5.32 Å². The Bertz CT molecular complexity index is 329. The standard InChI is InChI=1S/C13H25N3O3/c1-5-16(9(2)8-15(3)4)13(19)14-11(12(17)18)10-6-7-10/h9-11H,5-8H2,1-4H3,(H,14,19)(H,17,18). The molecule has 0 heterocycles. The van der Waals surface area contributed by atoms with Gasteiger partial charge in [-0.15, -0.1) is 0 Å². The van der Waals surface area contributed by atoms with E-state index in [9.17, 15) is 9.59 Å². The van der Waals surface area contributed by atoms with Crippen LogP contribution in [0.5, 0.6) is 0 Å². The van der Waals surface area contributed by atoms with Crippen molar-refractivity contribution < 1.29 is 14.7 Å². The van der Waals surface area contributed by atoms with Crippen LogP contribution in [0.2, 0.25) is 0 Å². The van der Waals surface area contributed by atoms with Gasteiger partial charge in [0.2, 0.25) is 0 Å². The first-order valence-corrected chi connectivity index (χ1v) is 6.81. The van der Waals surface area contributed by atoms with Crippen LogP contribution in [0, 0.1) is 5.92 Å². The minimum absolute atomic E-state index is 0.0497. The summed E-state index contributed by atoms with van der Waals surface area (Å²) in [5, 5.41) is 11.8. The summed E-state index contributed by atoms with van der Waals surface area (Å²) in [6.07, 6.45) is 1.77. The van der Waals surface area contributed by atoms with Gasteiger partial charge in [0.05, 0.1) is 0 Å². The van der Waals surface area contributed by atoms with Crippen molar-refractivity contribution in [2.75, 3.05) is 27.2 Å². The molecule has 6 heteroatoms. The number of carbonyl (C=O) groups excluding carboxylic acids is 1. The van der Waals surface area contributed by atoms with Crippen LogP contribution in [0.1, 0.15) is 26.7 Å². The van der Waals surface area contributed by atoms with Gasteiger partial charge < -0.3 is 20.2 Å². The van der Waals surface area contributed by atoms with Gasteiger partial charge in [-0.05, 0) is 46.7 Å². The first kappa shape index (κ1) is 15.8. The first-order chi connectivity index (χ1) is 8.86. The molecule has 1 aliphatic rings. The summed E-state index contributed by atoms with van der Waals surface area (Å²) in [5.74, 6) is -0.837. The van der Waals surface area contributed by atoms with Crippen LogP contribution in [0.15, 0.2) is 0 Å². The molecule has 2 amide bonds. The topological polar surface area (TPSA) is 72.9 Å². The summed E-state index contributed by atoms with van der Waals surface area (Å²) < 4.78 is 0. The number of likely N-dealkylation sites (N-methyl/N-ethyl adjacent to an activating group) is 2. The molecule has 1 saturated carbocycles. The van der Waals surface area contributed by atoms with E-state index >= 15 is 0 Å². The SMILES string of the molecule is CCN(C(=O)NC(C(=O)O)C1CC1)C(C)CN(C)C. The van der Waals surface area contributed by atoms with Crippen LogP contribution < -0.4 is 5.32 Å². The largest absolute Gasteiger partial charge is 0.480 e. The number of nitrogens with zero attached hydrogens (tertiary/aromatic N) is 2. The summed E-state index contributed by atoms with van der Waals surface area (Å²) in [5.41, 5.74) is 0. The maximum absolute atomic E-state index is 12.2. The molecule has 0 aliphatic heterocycles. The quantitative estimate of drug-likeness (QED) is 0.719. The molecule has 1 rings (SSSR count). The van der Waals surface area contributed by atoms with Crippen molar-refractivity contribution in [3.05, 3.63) is 0 Å². The van der Waals surface area contributed by atoms with Crippen molar-refractivity contribution in [1.29, 1.82) is 0 Å². The van der Waals surface area contributed by atoms with Gasteiger partial charge in [0, 0.05) is 19.1 Å². The number of nitrogens with one attached hydrogen (secondary N) is 1. The molecule has 2 atom stereocenters. The third-order valence-corrected chi connectivity index (χ3v) is 3.40. The maximum atomic E-state index is 12.2. The zero-order valence-electron chi connectivity index (χ0n) is 12.2. The Morgan fingerprint density at radius 1 is 1.37 bits per heavy atom. The second-order valence-corrected chi connectivity index (χ2v) is 5.50. The van der Waals surface area contributed by atoms with Gasteiger partial charge in [-0.1, -0.05) is 0 Å². The van der Waals surface area contributed by atoms with E-state index in [0.717, 1.165) is 19.4 Å². The summed E-state index contributed by atoms with van der Waals surface area (Å²) in [6.45, 7) is 5.19. The van der Waals surface area contributed by atoms with Gasteiger partial charge in [0.1, 0.15) is 6.04 Å². The highest BCUT2D eigenvalue weighted by molar-refractivity contribution is 5.83. The molecule has 0 spiro atoms. The summed E-state index contributed by atoms with van der Waals surface area (Å²) in [4.78, 5) is 27.0. The van der Waals surface area contributed by atoms with Gasteiger partial charge in [-0.3, -0.25) is 0 Å². The van der Waals surface area contributed by atoms with Crippen LogP contribution in [-0.4, -0.2) is 66.2 Å². The van der Waals surface area contributed by atoms with E-state index in [-0.39, 0.29) is 18.0 Å². The number of hydrogen-bond acceptors (Lipinski definition) is 3. The minimum Gasteiger partial charge on any atom is -0.480 e. The number of carboxylic acids is 1. The Morgan fingerprint density at radius 2 is 1.95 bits per heavy atom. The highest BCUT2D eigenvalue weighted by atomic mass is 16.4. The molecular formula is C13H25N3O3. The fraction of sp³-hybridized carbons (Fsp3) is 0.846. The van der Waals surface area contributed by atoms with Crippen molar-refractivity contribution in [2.24, 2.45) is 5.92 Å². The van der Waals surface area contributed by atoms with Crippen LogP contribution in [0.25, 0.3) is 0 Å². The van der Waals surface area contributed by atoms with Gasteiger partial charge in [-0.25, -0.2) is 9.59 Å². The van der Waals surface area contributed by atoms with Crippen LogP contribution in [0.3, 0.4) is 0 Å². The maximum Gasteiger partial charge on any atom is 0.326 e. The highest BCUT2D eigenvalue weighted by Crippen LogP contribution is 2.32. The van der Waals surface area contributed by atoms with Gasteiger partial charge in [-0.2, -0.15) is 0 Å². The molecule has 2 unspecified atom stereocenters. The monoisotopic (exact) mass is 271 g/mol. The van der Waals surface area contributed by atoms with Crippen LogP contribution in [-0.2, 0) is 4.79 Å². The number of aliphatic carboxylic acids is 1. The molecule has 0 aromatic carbocycles. The molecule has 0 aromatic heterocycles. The molecule has 0 bridgehead atoms. The number of carboxylic acid groups (broad SMARTS) is 1. The average molecular weight is 271 g/mol. The van der Waals surface area contributed by atoms with Crippen molar-refractivity contribution in [3.8, 4) is 0 Å². The third kappa shape index (κ3) is 4.70. The second kappa shape index (κ2) is 6.75. The number of rotatable bonds is 7. The van der Waals surface area contributed by atoms with Crippen LogP contribution >= 0.6 is 0 Å². The van der Waals surface area contributed by atoms with Crippen molar-refractivity contribution in [1.82, 2.24) is 15.1 Å². The lowest BCUT2D eigenvalue weighted by Crippen LogP contribution is -2.53. The molecule has 2 N–H and O–H groups in total. The summed E-state index contributed by atoms with van der Waals surface area (Å²) in [7, 11) is 3.90. The number of carbonyl (C=O) groups is 2. The molecule has 110 valence electrons. The number of hydrogen-bond donors (Lipinski definition) is 2. The molecular weight excluding hydrogens is 246 g/mol. The normalized spacial score (nSPS) is 17.9. The third-order valence-electron chi connectivity index (χ3n) is 3.40. The van der Waals surface area contributed by atoms with E-state index in [0.29, 0.717) is 6.54 Å². The van der Waals surface area contributed by atoms with E-state index in [1.165, 1.54) is 0 Å². The Labute approximate surface area is 114 Å². The molecule has 0 saturated heterocycles. The predicted octanol–water partition coefficient (Wildman–Crippen LogP) is 0.831. The lowest BCUT2D eigenvalue weighted by Gasteiger charge is -2.31. The van der Waals surface area contributed by atoms with E-state index < -0.39 is 12.0 Å². The smallest absolute Gasteiger partial charge is 0.326 e. The average Bonchev–Trinajstić information content (AvgIpc) is 3.09. The highest BCUT2D eigenvalue weighted by Gasteiger charge is 2.38. The van der Waals surface area contributed by atoms with Crippen molar-refractivity contribution >= 4 is 12.0 Å². The Kier molecular flexibility index (Phi) is 5.60. The zero-order chi connectivity index (χ0) is 14.6. The van der Waals surface area contributed by atoms with Gasteiger partial charge >= 0.3 is 12.0 Å². The van der Waals surface area contributed by atoms with Crippen molar-refractivity contribution in [2.45, 2.75) is 38.8 Å². The molecule has 6 nitrogen and oxygen atoms in total. The molecule has 1 fully saturated rings. The fourth-order valence-corrected chi connectivity index (χ4v) is 2.31. The fourth-order valence-electron chi connectivity index (χ4n) is 2.31. The lowest BCUT2D eigenvalue weighted by atomic mass is 10.2. The second-order valence-electron chi connectivity index (χ2n) is 5.50. The number of amides is 2. The van der Waals surface area contributed by atoms with E-state index in [1.54, 1.807) is 4.90 Å². The Morgan fingerprint density at radius 3 is 2.32 bits per heavy atom. The van der Waals surface area contributed by atoms with Gasteiger partial charge in [0.25, 0.3) is 0 Å². The molecule has 19 heavy (non-hydrogen) atoms. The minimum atomic E-state index is -0.938.